The van der Waals surface area contributed by atoms with Crippen LogP contribution in [0.3, 0.4) is 0 Å². The first-order chi connectivity index (χ1) is 5.34. The van der Waals surface area contributed by atoms with E-state index in [1.54, 1.807) is 11.3 Å². The zero-order valence-corrected chi connectivity index (χ0v) is 7.73. The van der Waals surface area contributed by atoms with Crippen molar-refractivity contribution >= 4 is 11.3 Å². The van der Waals surface area contributed by atoms with Crippen LogP contribution in [0.4, 0.5) is 0 Å². The molecule has 1 heterocycles. The SMILES string of the molecule is CCCCC(N)c1cccs1. The first kappa shape index (κ1) is 8.75. The van der Waals surface area contributed by atoms with Gasteiger partial charge in [-0.2, -0.15) is 0 Å². The van der Waals surface area contributed by atoms with Crippen LogP contribution in [0.1, 0.15) is 37.1 Å². The summed E-state index contributed by atoms with van der Waals surface area (Å²) in [5, 5.41) is 2.08. The number of nitrogens with two attached hydrogens (primary N) is 1. The standard InChI is InChI=1S/C9H15NS/c1-2-3-5-8(10)9-6-4-7-11-9/h4,6-8H,2-3,5,10H2,1H3. The first-order valence-corrected chi connectivity index (χ1v) is 5.01. The third-order valence-electron chi connectivity index (χ3n) is 1.78. The molecule has 0 aliphatic rings. The Morgan fingerprint density at radius 3 is 3.00 bits per heavy atom. The van der Waals surface area contributed by atoms with Crippen molar-refractivity contribution in [1.29, 1.82) is 0 Å². The third kappa shape index (κ3) is 2.64. The maximum atomic E-state index is 5.94. The van der Waals surface area contributed by atoms with Crippen LogP contribution in [0, 0.1) is 0 Å². The summed E-state index contributed by atoms with van der Waals surface area (Å²) >= 11 is 1.76. The van der Waals surface area contributed by atoms with E-state index >= 15 is 0 Å². The molecule has 0 fully saturated rings. The molecule has 1 aromatic rings. The molecule has 0 amide bonds. The van der Waals surface area contributed by atoms with Gasteiger partial charge in [0.2, 0.25) is 0 Å². The van der Waals surface area contributed by atoms with Gasteiger partial charge in [-0.25, -0.2) is 0 Å². The molecule has 0 aliphatic heterocycles. The molecule has 0 radical (unpaired) electrons. The smallest absolute Gasteiger partial charge is 0.0389 e. The van der Waals surface area contributed by atoms with Gasteiger partial charge in [0, 0.05) is 10.9 Å². The molecule has 0 bridgehead atoms. The van der Waals surface area contributed by atoms with Crippen LogP contribution in [0.5, 0.6) is 0 Å². The predicted octanol–water partition coefficient (Wildman–Crippen LogP) is 2.94. The van der Waals surface area contributed by atoms with Crippen molar-refractivity contribution in [3.8, 4) is 0 Å². The summed E-state index contributed by atoms with van der Waals surface area (Å²) in [5.41, 5.74) is 5.94. The molecule has 1 rings (SSSR count). The average molecular weight is 169 g/mol. The van der Waals surface area contributed by atoms with Crippen LogP contribution in [0.25, 0.3) is 0 Å². The number of hydrogen-bond acceptors (Lipinski definition) is 2. The van der Waals surface area contributed by atoms with Gasteiger partial charge in [-0.1, -0.05) is 25.8 Å². The summed E-state index contributed by atoms with van der Waals surface area (Å²) in [7, 11) is 0. The molecule has 0 spiro atoms. The summed E-state index contributed by atoms with van der Waals surface area (Å²) in [5.74, 6) is 0. The molecule has 62 valence electrons. The van der Waals surface area contributed by atoms with Gasteiger partial charge in [-0.3, -0.25) is 0 Å². The van der Waals surface area contributed by atoms with E-state index in [2.05, 4.69) is 24.4 Å². The molecule has 0 saturated heterocycles. The quantitative estimate of drug-likeness (QED) is 0.736. The fraction of sp³-hybridized carbons (Fsp3) is 0.556. The highest BCUT2D eigenvalue weighted by atomic mass is 32.1. The van der Waals surface area contributed by atoms with Gasteiger partial charge in [-0.15, -0.1) is 11.3 Å². The van der Waals surface area contributed by atoms with Crippen LogP contribution < -0.4 is 5.73 Å². The lowest BCUT2D eigenvalue weighted by Crippen LogP contribution is -2.07. The normalized spacial score (nSPS) is 13.3. The summed E-state index contributed by atoms with van der Waals surface area (Å²) in [6.45, 7) is 2.20. The monoisotopic (exact) mass is 169 g/mol. The van der Waals surface area contributed by atoms with Crippen molar-refractivity contribution in [2.75, 3.05) is 0 Å². The van der Waals surface area contributed by atoms with E-state index in [0.29, 0.717) is 0 Å². The van der Waals surface area contributed by atoms with E-state index in [4.69, 9.17) is 5.73 Å². The summed E-state index contributed by atoms with van der Waals surface area (Å²) in [4.78, 5) is 1.32. The molecule has 0 saturated carbocycles. The second kappa shape index (κ2) is 4.52. The van der Waals surface area contributed by atoms with Gasteiger partial charge in [0.25, 0.3) is 0 Å². The van der Waals surface area contributed by atoms with E-state index in [1.165, 1.54) is 17.7 Å². The Bertz CT molecular complexity index is 181. The van der Waals surface area contributed by atoms with Crippen molar-refractivity contribution in [2.24, 2.45) is 5.73 Å². The van der Waals surface area contributed by atoms with E-state index in [9.17, 15) is 0 Å². The fourth-order valence-electron chi connectivity index (χ4n) is 1.07. The molecule has 1 nitrogen and oxygen atoms in total. The fourth-order valence-corrected chi connectivity index (χ4v) is 1.83. The summed E-state index contributed by atoms with van der Waals surface area (Å²) < 4.78 is 0. The molecule has 1 aromatic heterocycles. The molecule has 11 heavy (non-hydrogen) atoms. The van der Waals surface area contributed by atoms with E-state index in [0.717, 1.165) is 6.42 Å². The van der Waals surface area contributed by atoms with Gasteiger partial charge >= 0.3 is 0 Å². The Hall–Kier alpha value is -0.340. The van der Waals surface area contributed by atoms with E-state index in [1.807, 2.05) is 0 Å². The van der Waals surface area contributed by atoms with Gasteiger partial charge in [-0.05, 0) is 17.9 Å². The molecule has 0 aliphatic carbocycles. The zero-order valence-electron chi connectivity index (χ0n) is 6.92. The van der Waals surface area contributed by atoms with Crippen LogP contribution in [0.15, 0.2) is 17.5 Å². The topological polar surface area (TPSA) is 26.0 Å². The number of unbranched alkanes of at least 4 members (excludes halogenated alkanes) is 1. The zero-order chi connectivity index (χ0) is 8.10. The van der Waals surface area contributed by atoms with E-state index < -0.39 is 0 Å². The maximum Gasteiger partial charge on any atom is 0.0389 e. The van der Waals surface area contributed by atoms with Crippen molar-refractivity contribution in [2.45, 2.75) is 32.2 Å². The number of hydrogen-bond donors (Lipinski definition) is 1. The largest absolute Gasteiger partial charge is 0.323 e. The Morgan fingerprint density at radius 2 is 2.45 bits per heavy atom. The van der Waals surface area contributed by atoms with Gasteiger partial charge in [0.15, 0.2) is 0 Å². The van der Waals surface area contributed by atoms with Crippen LogP contribution in [0.2, 0.25) is 0 Å². The number of rotatable bonds is 4. The van der Waals surface area contributed by atoms with Gasteiger partial charge in [0.05, 0.1) is 0 Å². The molecule has 1 atom stereocenters. The van der Waals surface area contributed by atoms with Crippen molar-refractivity contribution in [1.82, 2.24) is 0 Å². The maximum absolute atomic E-state index is 5.94. The molecular formula is C9H15NS. The molecule has 2 heteroatoms. The summed E-state index contributed by atoms with van der Waals surface area (Å²) in [6, 6.07) is 4.45. The van der Waals surface area contributed by atoms with Crippen molar-refractivity contribution in [3.05, 3.63) is 22.4 Å². The van der Waals surface area contributed by atoms with Gasteiger partial charge in [0.1, 0.15) is 0 Å². The lowest BCUT2D eigenvalue weighted by Gasteiger charge is -2.07. The summed E-state index contributed by atoms with van der Waals surface area (Å²) in [6.07, 6.45) is 3.59. The van der Waals surface area contributed by atoms with E-state index in [-0.39, 0.29) is 6.04 Å². The average Bonchev–Trinajstić information content (AvgIpc) is 2.52. The Labute approximate surface area is 72.2 Å². The predicted molar refractivity (Wildman–Crippen MR) is 50.8 cm³/mol. The van der Waals surface area contributed by atoms with Crippen LogP contribution in [-0.2, 0) is 0 Å². The van der Waals surface area contributed by atoms with Crippen LogP contribution >= 0.6 is 11.3 Å². The second-order valence-electron chi connectivity index (χ2n) is 2.76. The lowest BCUT2D eigenvalue weighted by atomic mass is 10.1. The molecule has 2 N–H and O–H groups in total. The van der Waals surface area contributed by atoms with Crippen molar-refractivity contribution < 1.29 is 0 Å². The van der Waals surface area contributed by atoms with Gasteiger partial charge < -0.3 is 5.73 Å². The highest BCUT2D eigenvalue weighted by Crippen LogP contribution is 2.20. The molecule has 0 aromatic carbocycles. The molecular weight excluding hydrogens is 154 g/mol. The third-order valence-corrected chi connectivity index (χ3v) is 2.78. The first-order valence-electron chi connectivity index (χ1n) is 4.13. The highest BCUT2D eigenvalue weighted by Gasteiger charge is 2.04. The van der Waals surface area contributed by atoms with Crippen LogP contribution in [-0.4, -0.2) is 0 Å². The minimum absolute atomic E-state index is 0.273. The second-order valence-corrected chi connectivity index (χ2v) is 3.74. The molecule has 1 unspecified atom stereocenters. The minimum atomic E-state index is 0.273. The Morgan fingerprint density at radius 1 is 1.64 bits per heavy atom. The lowest BCUT2D eigenvalue weighted by molar-refractivity contribution is 0.611. The van der Waals surface area contributed by atoms with Crippen molar-refractivity contribution in [3.63, 3.8) is 0 Å². The highest BCUT2D eigenvalue weighted by molar-refractivity contribution is 7.10. The Kier molecular flexibility index (Phi) is 3.60. The Balaban J connectivity index is 2.36. The number of thiophene rings is 1. The minimum Gasteiger partial charge on any atom is -0.323 e.